The topological polar surface area (TPSA) is 71.4 Å². The van der Waals surface area contributed by atoms with Gasteiger partial charge in [-0.3, -0.25) is 4.79 Å². The smallest absolute Gasteiger partial charge is 0.307 e. The Morgan fingerprint density at radius 2 is 2.20 bits per heavy atom. The Bertz CT molecular complexity index is 624. The summed E-state index contributed by atoms with van der Waals surface area (Å²) >= 11 is 6.13. The molecule has 4 nitrogen and oxygen atoms in total. The van der Waals surface area contributed by atoms with Crippen LogP contribution in [0.15, 0.2) is 18.2 Å². The first kappa shape index (κ1) is 15.3. The van der Waals surface area contributed by atoms with Gasteiger partial charge in [-0.05, 0) is 42.9 Å². The molecule has 0 radical (unpaired) electrons. The zero-order chi connectivity index (χ0) is 14.9. The van der Waals surface area contributed by atoms with Gasteiger partial charge >= 0.3 is 5.97 Å². The van der Waals surface area contributed by atoms with Crippen molar-refractivity contribution in [2.24, 2.45) is 11.8 Å². The zero-order valence-electron chi connectivity index (χ0n) is 11.2. The number of carboxylic acids is 1. The van der Waals surface area contributed by atoms with Gasteiger partial charge in [-0.2, -0.15) is 0 Å². The fourth-order valence-electron chi connectivity index (χ4n) is 2.65. The Balaban J connectivity index is 2.20. The third-order valence-electron chi connectivity index (χ3n) is 3.80. The molecule has 1 heterocycles. The van der Waals surface area contributed by atoms with Gasteiger partial charge in [-0.25, -0.2) is 8.42 Å². The van der Waals surface area contributed by atoms with Crippen LogP contribution in [0.5, 0.6) is 0 Å². The first-order chi connectivity index (χ1) is 9.28. The molecule has 1 N–H and O–H groups in total. The summed E-state index contributed by atoms with van der Waals surface area (Å²) in [6, 6.07) is 5.49. The quantitative estimate of drug-likeness (QED) is 0.925. The number of carbonyl (C=O) groups is 1. The maximum atomic E-state index is 11.5. The molecule has 1 saturated heterocycles. The van der Waals surface area contributed by atoms with Crippen molar-refractivity contribution in [3.63, 3.8) is 0 Å². The van der Waals surface area contributed by atoms with Gasteiger partial charge in [0.25, 0.3) is 0 Å². The first-order valence-electron chi connectivity index (χ1n) is 6.47. The van der Waals surface area contributed by atoms with Crippen molar-refractivity contribution in [3.8, 4) is 0 Å². The molecule has 0 saturated carbocycles. The van der Waals surface area contributed by atoms with Crippen LogP contribution in [0.4, 0.5) is 0 Å². The predicted molar refractivity (Wildman–Crippen MR) is 77.8 cm³/mol. The third kappa shape index (κ3) is 3.52. The second-order valence-electron chi connectivity index (χ2n) is 5.41. The van der Waals surface area contributed by atoms with Crippen molar-refractivity contribution in [2.45, 2.75) is 19.8 Å². The van der Waals surface area contributed by atoms with E-state index in [2.05, 4.69) is 0 Å². The van der Waals surface area contributed by atoms with Gasteiger partial charge in [-0.1, -0.05) is 23.7 Å². The molecule has 0 aliphatic carbocycles. The van der Waals surface area contributed by atoms with E-state index in [9.17, 15) is 18.3 Å². The Morgan fingerprint density at radius 3 is 2.70 bits per heavy atom. The van der Waals surface area contributed by atoms with Crippen molar-refractivity contribution in [2.75, 3.05) is 11.5 Å². The van der Waals surface area contributed by atoms with Crippen LogP contribution < -0.4 is 0 Å². The van der Waals surface area contributed by atoms with Crippen LogP contribution in [-0.2, 0) is 21.1 Å². The van der Waals surface area contributed by atoms with E-state index in [1.807, 2.05) is 19.1 Å². The average molecular weight is 317 g/mol. The molecule has 0 spiro atoms. The minimum absolute atomic E-state index is 0.0343. The number of aliphatic carboxylic acids is 1. The van der Waals surface area contributed by atoms with E-state index < -0.39 is 21.7 Å². The summed E-state index contributed by atoms with van der Waals surface area (Å²) in [5.41, 5.74) is 1.77. The largest absolute Gasteiger partial charge is 0.481 e. The average Bonchev–Trinajstić information content (AvgIpc) is 2.68. The van der Waals surface area contributed by atoms with Crippen molar-refractivity contribution < 1.29 is 18.3 Å². The molecule has 2 rings (SSSR count). The number of sulfone groups is 1. The van der Waals surface area contributed by atoms with Crippen LogP contribution in [0, 0.1) is 18.8 Å². The molecule has 2 unspecified atom stereocenters. The van der Waals surface area contributed by atoms with E-state index in [4.69, 9.17) is 11.6 Å². The van der Waals surface area contributed by atoms with Gasteiger partial charge in [-0.15, -0.1) is 0 Å². The van der Waals surface area contributed by atoms with Crippen LogP contribution in [0.2, 0.25) is 5.02 Å². The highest BCUT2D eigenvalue weighted by molar-refractivity contribution is 7.91. The molecule has 1 aromatic carbocycles. The van der Waals surface area contributed by atoms with Crippen molar-refractivity contribution >= 4 is 27.4 Å². The normalized spacial score (nSPS) is 22.6. The summed E-state index contributed by atoms with van der Waals surface area (Å²) < 4.78 is 23.0. The van der Waals surface area contributed by atoms with Crippen molar-refractivity contribution in [3.05, 3.63) is 34.3 Å². The molecule has 6 heteroatoms. The lowest BCUT2D eigenvalue weighted by molar-refractivity contribution is -0.143. The number of halogens is 1. The zero-order valence-corrected chi connectivity index (χ0v) is 12.7. The number of benzene rings is 1. The monoisotopic (exact) mass is 316 g/mol. The van der Waals surface area contributed by atoms with E-state index in [0.717, 1.165) is 11.1 Å². The molecule has 1 aliphatic heterocycles. The molecule has 1 fully saturated rings. The van der Waals surface area contributed by atoms with E-state index in [1.165, 1.54) is 0 Å². The first-order valence-corrected chi connectivity index (χ1v) is 8.67. The summed E-state index contributed by atoms with van der Waals surface area (Å²) in [6.07, 6.45) is 0.692. The molecule has 110 valence electrons. The molecule has 1 aliphatic rings. The van der Waals surface area contributed by atoms with Gasteiger partial charge in [0.15, 0.2) is 9.84 Å². The minimum atomic E-state index is -3.08. The van der Waals surface area contributed by atoms with Gasteiger partial charge in [0.1, 0.15) is 0 Å². The van der Waals surface area contributed by atoms with Crippen LogP contribution >= 0.6 is 11.6 Å². The van der Waals surface area contributed by atoms with Crippen molar-refractivity contribution in [1.82, 2.24) is 0 Å². The third-order valence-corrected chi connectivity index (χ3v) is 5.95. The molecule has 0 aromatic heterocycles. The lowest BCUT2D eigenvalue weighted by Crippen LogP contribution is -2.26. The molecular weight excluding hydrogens is 300 g/mol. The van der Waals surface area contributed by atoms with Gasteiger partial charge in [0, 0.05) is 5.02 Å². The van der Waals surface area contributed by atoms with Crippen LogP contribution in [0.3, 0.4) is 0 Å². The highest BCUT2D eigenvalue weighted by Gasteiger charge is 2.37. The summed E-state index contributed by atoms with van der Waals surface area (Å²) in [5, 5.41) is 9.91. The molecule has 20 heavy (non-hydrogen) atoms. The summed E-state index contributed by atoms with van der Waals surface area (Å²) in [6.45, 7) is 1.91. The maximum absolute atomic E-state index is 11.5. The fraction of sp³-hybridized carbons (Fsp3) is 0.500. The van der Waals surface area contributed by atoms with Crippen LogP contribution in [0.25, 0.3) is 0 Å². The molecule has 0 amide bonds. The van der Waals surface area contributed by atoms with Crippen molar-refractivity contribution in [1.29, 1.82) is 0 Å². The van der Waals surface area contributed by atoms with E-state index >= 15 is 0 Å². The molecular formula is C14H17ClO4S. The van der Waals surface area contributed by atoms with Gasteiger partial charge in [0.05, 0.1) is 17.4 Å². The Labute approximate surface area is 123 Å². The summed E-state index contributed by atoms with van der Waals surface area (Å²) in [7, 11) is -3.08. The maximum Gasteiger partial charge on any atom is 0.307 e. The Morgan fingerprint density at radius 1 is 1.50 bits per heavy atom. The van der Waals surface area contributed by atoms with Crippen LogP contribution in [-0.4, -0.2) is 31.0 Å². The lowest BCUT2D eigenvalue weighted by atomic mass is 9.86. The lowest BCUT2D eigenvalue weighted by Gasteiger charge is -2.19. The number of rotatable bonds is 4. The highest BCUT2D eigenvalue weighted by Crippen LogP contribution is 2.31. The van der Waals surface area contributed by atoms with E-state index in [-0.39, 0.29) is 23.8 Å². The number of hydrogen-bond donors (Lipinski definition) is 1. The number of carboxylic acid groups (broad SMARTS) is 1. The highest BCUT2D eigenvalue weighted by atomic mass is 35.5. The predicted octanol–water partition coefficient (Wildman–Crippen LogP) is 2.33. The minimum Gasteiger partial charge on any atom is -0.481 e. The molecule has 0 bridgehead atoms. The van der Waals surface area contributed by atoms with E-state index in [0.29, 0.717) is 11.4 Å². The SMILES string of the molecule is Cc1ccc(CC(C(=O)O)C2CCS(=O)(=O)C2)c(Cl)c1. The Hall–Kier alpha value is -1.07. The summed E-state index contributed by atoms with van der Waals surface area (Å²) in [4.78, 5) is 11.4. The second kappa shape index (κ2) is 5.74. The van der Waals surface area contributed by atoms with Crippen LogP contribution in [0.1, 0.15) is 17.5 Å². The fourth-order valence-corrected chi connectivity index (χ4v) is 4.84. The number of aryl methyl sites for hydroxylation is 1. The molecule has 1 aromatic rings. The number of hydrogen-bond acceptors (Lipinski definition) is 3. The second-order valence-corrected chi connectivity index (χ2v) is 8.04. The van der Waals surface area contributed by atoms with Gasteiger partial charge < -0.3 is 5.11 Å². The Kier molecular flexibility index (Phi) is 4.39. The standard InChI is InChI=1S/C14H17ClO4S/c1-9-2-3-10(13(15)6-9)7-12(14(16)17)11-4-5-20(18,19)8-11/h2-3,6,11-12H,4-5,7-8H2,1H3,(H,16,17). The summed E-state index contributed by atoms with van der Waals surface area (Å²) in [5.74, 6) is -1.93. The molecule has 2 atom stereocenters. The van der Waals surface area contributed by atoms with E-state index in [1.54, 1.807) is 6.07 Å². The van der Waals surface area contributed by atoms with Gasteiger partial charge in [0.2, 0.25) is 0 Å².